The second-order valence-corrected chi connectivity index (χ2v) is 5.70. The second-order valence-electron chi connectivity index (χ2n) is 4.62. The molecule has 0 aromatic heterocycles. The Balaban J connectivity index is 1.76. The Morgan fingerprint density at radius 1 is 1.39 bits per heavy atom. The van der Waals surface area contributed by atoms with Crippen molar-refractivity contribution < 1.29 is 9.53 Å². The van der Waals surface area contributed by atoms with Crippen molar-refractivity contribution in [2.45, 2.75) is 19.4 Å². The molecular weight excluding hydrogens is 341 g/mol. The minimum Gasteiger partial charge on any atom is -0.445 e. The first-order valence-electron chi connectivity index (χ1n) is 6.31. The fraction of sp³-hybridized carbons (Fsp3) is 0.500. The van der Waals surface area contributed by atoms with Gasteiger partial charge >= 0.3 is 6.09 Å². The SMILES string of the molecule is O=C(OCc1ccccc1)N1CCC(CCI)C1. The van der Waals surface area contributed by atoms with Gasteiger partial charge in [0.2, 0.25) is 0 Å². The van der Waals surface area contributed by atoms with Crippen molar-refractivity contribution in [3.63, 3.8) is 0 Å². The number of ether oxygens (including phenoxy) is 1. The summed E-state index contributed by atoms with van der Waals surface area (Å²) in [5, 5.41) is 0. The van der Waals surface area contributed by atoms with E-state index in [1.54, 1.807) is 0 Å². The van der Waals surface area contributed by atoms with Gasteiger partial charge in [0.15, 0.2) is 0 Å². The standard InChI is InChI=1S/C14H18INO2/c15-8-6-12-7-9-16(10-12)14(17)18-11-13-4-2-1-3-5-13/h1-5,12H,6-11H2. The first-order chi connectivity index (χ1) is 8.79. The zero-order valence-electron chi connectivity index (χ0n) is 10.3. The van der Waals surface area contributed by atoms with Crippen molar-refractivity contribution in [2.24, 2.45) is 5.92 Å². The Labute approximate surface area is 122 Å². The first kappa shape index (κ1) is 13.6. The molecule has 0 bridgehead atoms. The third-order valence-corrected chi connectivity index (χ3v) is 3.89. The van der Waals surface area contributed by atoms with E-state index in [-0.39, 0.29) is 6.09 Å². The molecule has 0 aliphatic carbocycles. The number of alkyl halides is 1. The number of hydrogen-bond donors (Lipinski definition) is 0. The minimum absolute atomic E-state index is 0.171. The molecule has 0 spiro atoms. The number of benzene rings is 1. The highest BCUT2D eigenvalue weighted by atomic mass is 127. The number of carbonyl (C=O) groups is 1. The smallest absolute Gasteiger partial charge is 0.410 e. The van der Waals surface area contributed by atoms with Gasteiger partial charge in [0.1, 0.15) is 6.61 Å². The van der Waals surface area contributed by atoms with Crippen molar-refractivity contribution >= 4 is 28.7 Å². The molecule has 1 unspecified atom stereocenters. The average Bonchev–Trinajstić information content (AvgIpc) is 2.86. The normalized spacial score (nSPS) is 18.9. The lowest BCUT2D eigenvalue weighted by Gasteiger charge is -2.16. The Morgan fingerprint density at radius 2 is 2.17 bits per heavy atom. The molecule has 2 rings (SSSR count). The summed E-state index contributed by atoms with van der Waals surface area (Å²) >= 11 is 2.39. The van der Waals surface area contributed by atoms with Crippen LogP contribution in [0.4, 0.5) is 4.79 Å². The van der Waals surface area contributed by atoms with Crippen molar-refractivity contribution in [1.29, 1.82) is 0 Å². The maximum atomic E-state index is 11.9. The molecule has 0 radical (unpaired) electrons. The maximum Gasteiger partial charge on any atom is 0.410 e. The summed E-state index contributed by atoms with van der Waals surface area (Å²) < 4.78 is 6.49. The van der Waals surface area contributed by atoms with Crippen LogP contribution in [0.15, 0.2) is 30.3 Å². The van der Waals surface area contributed by atoms with Gasteiger partial charge in [-0.05, 0) is 28.8 Å². The van der Waals surface area contributed by atoms with Gasteiger partial charge in [-0.25, -0.2) is 4.79 Å². The predicted octanol–water partition coefficient (Wildman–Crippen LogP) is 3.47. The maximum absolute atomic E-state index is 11.9. The van der Waals surface area contributed by atoms with Gasteiger partial charge in [-0.1, -0.05) is 52.9 Å². The van der Waals surface area contributed by atoms with E-state index in [2.05, 4.69) is 22.6 Å². The summed E-state index contributed by atoms with van der Waals surface area (Å²) in [7, 11) is 0. The minimum atomic E-state index is -0.171. The second kappa shape index (κ2) is 6.97. The molecule has 4 heteroatoms. The quantitative estimate of drug-likeness (QED) is 0.609. The third-order valence-electron chi connectivity index (χ3n) is 3.27. The zero-order chi connectivity index (χ0) is 12.8. The highest BCUT2D eigenvalue weighted by molar-refractivity contribution is 14.1. The molecule has 18 heavy (non-hydrogen) atoms. The number of likely N-dealkylation sites (tertiary alicyclic amines) is 1. The summed E-state index contributed by atoms with van der Waals surface area (Å²) in [6.07, 6.45) is 2.14. The van der Waals surface area contributed by atoms with Crippen LogP contribution in [0.3, 0.4) is 0 Å². The monoisotopic (exact) mass is 359 g/mol. The van der Waals surface area contributed by atoms with Crippen molar-refractivity contribution in [1.82, 2.24) is 4.90 Å². The number of halogens is 1. The van der Waals surface area contributed by atoms with E-state index in [1.807, 2.05) is 35.2 Å². The van der Waals surface area contributed by atoms with E-state index < -0.39 is 0 Å². The Kier molecular flexibility index (Phi) is 5.28. The highest BCUT2D eigenvalue weighted by Crippen LogP contribution is 2.21. The molecule has 3 nitrogen and oxygen atoms in total. The molecule has 1 heterocycles. The van der Waals surface area contributed by atoms with Crippen LogP contribution in [0.2, 0.25) is 0 Å². The van der Waals surface area contributed by atoms with Gasteiger partial charge in [-0.15, -0.1) is 0 Å². The summed E-state index contributed by atoms with van der Waals surface area (Å²) in [6.45, 7) is 2.07. The molecular formula is C14H18INO2. The van der Waals surface area contributed by atoms with Gasteiger partial charge in [-0.3, -0.25) is 0 Å². The lowest BCUT2D eigenvalue weighted by atomic mass is 10.1. The van der Waals surface area contributed by atoms with E-state index in [0.717, 1.165) is 29.5 Å². The summed E-state index contributed by atoms with van der Waals surface area (Å²) in [4.78, 5) is 13.7. The van der Waals surface area contributed by atoms with Crippen LogP contribution in [0.5, 0.6) is 0 Å². The van der Waals surface area contributed by atoms with Gasteiger partial charge < -0.3 is 9.64 Å². The summed E-state index contributed by atoms with van der Waals surface area (Å²) in [5.41, 5.74) is 1.04. The number of amides is 1. The van der Waals surface area contributed by atoms with Crippen LogP contribution >= 0.6 is 22.6 Å². The molecule has 1 saturated heterocycles. The predicted molar refractivity (Wildman–Crippen MR) is 79.8 cm³/mol. The highest BCUT2D eigenvalue weighted by Gasteiger charge is 2.26. The van der Waals surface area contributed by atoms with Gasteiger partial charge in [-0.2, -0.15) is 0 Å². The van der Waals surface area contributed by atoms with Gasteiger partial charge in [0, 0.05) is 13.1 Å². The molecule has 0 N–H and O–H groups in total. The fourth-order valence-electron chi connectivity index (χ4n) is 2.20. The molecule has 1 aromatic carbocycles. The van der Waals surface area contributed by atoms with E-state index in [4.69, 9.17) is 4.74 Å². The zero-order valence-corrected chi connectivity index (χ0v) is 12.5. The number of hydrogen-bond acceptors (Lipinski definition) is 2. The van der Waals surface area contributed by atoms with E-state index in [0.29, 0.717) is 12.5 Å². The van der Waals surface area contributed by atoms with Crippen LogP contribution in [0.25, 0.3) is 0 Å². The topological polar surface area (TPSA) is 29.5 Å². The Morgan fingerprint density at radius 3 is 2.89 bits per heavy atom. The van der Waals surface area contributed by atoms with Gasteiger partial charge in [0.05, 0.1) is 0 Å². The Hall–Kier alpha value is -0.780. The lowest BCUT2D eigenvalue weighted by Crippen LogP contribution is -2.29. The number of rotatable bonds is 4. The number of nitrogens with zero attached hydrogens (tertiary/aromatic N) is 1. The van der Waals surface area contributed by atoms with E-state index >= 15 is 0 Å². The van der Waals surface area contributed by atoms with E-state index in [9.17, 15) is 4.79 Å². The molecule has 1 fully saturated rings. The lowest BCUT2D eigenvalue weighted by molar-refractivity contribution is 0.103. The fourth-order valence-corrected chi connectivity index (χ4v) is 3.08. The molecule has 1 aliphatic heterocycles. The largest absolute Gasteiger partial charge is 0.445 e. The van der Waals surface area contributed by atoms with Crippen LogP contribution in [-0.4, -0.2) is 28.5 Å². The summed E-state index contributed by atoms with van der Waals surface area (Å²) in [5.74, 6) is 0.658. The van der Waals surface area contributed by atoms with Crippen LogP contribution in [0.1, 0.15) is 18.4 Å². The molecule has 1 aliphatic rings. The molecule has 1 aromatic rings. The van der Waals surface area contributed by atoms with Crippen LogP contribution in [0, 0.1) is 5.92 Å². The summed E-state index contributed by atoms with van der Waals surface area (Å²) in [6, 6.07) is 9.80. The molecule has 0 saturated carbocycles. The molecule has 98 valence electrons. The number of carbonyl (C=O) groups excluding carboxylic acids is 1. The van der Waals surface area contributed by atoms with Crippen molar-refractivity contribution in [2.75, 3.05) is 17.5 Å². The van der Waals surface area contributed by atoms with E-state index in [1.165, 1.54) is 6.42 Å². The average molecular weight is 359 g/mol. The Bertz CT molecular complexity index is 383. The van der Waals surface area contributed by atoms with Gasteiger partial charge in [0.25, 0.3) is 0 Å². The molecule has 1 amide bonds. The van der Waals surface area contributed by atoms with Crippen molar-refractivity contribution in [3.05, 3.63) is 35.9 Å². The third kappa shape index (κ3) is 3.86. The first-order valence-corrected chi connectivity index (χ1v) is 7.83. The van der Waals surface area contributed by atoms with Crippen molar-refractivity contribution in [3.8, 4) is 0 Å². The van der Waals surface area contributed by atoms with Crippen LogP contribution in [-0.2, 0) is 11.3 Å². The van der Waals surface area contributed by atoms with Crippen LogP contribution < -0.4 is 0 Å². The molecule has 1 atom stereocenters.